The molecule has 11 nitrogen and oxygen atoms in total. The highest BCUT2D eigenvalue weighted by Gasteiger charge is 2.19. The second-order valence-corrected chi connectivity index (χ2v) is 9.25. The minimum Gasteiger partial charge on any atom is -0.457 e. The standard InChI is InChI=1S/C33H28O11/c1-19(2)29(34)40-18-39-24-12-14-26(15-13-24)41-32(37)22-7-10-25(11-8-22)42-33(38)23-9-16-27(43-30(35)20(3)4)28(17-23)44-31(36)21(5)6/h7-17H,1,3,5,18H2,2,4,6H3. The minimum atomic E-state index is -0.817. The third-order valence-electron chi connectivity index (χ3n) is 5.38. The number of carbonyl (C=O) groups excluding carboxylic acids is 5. The van der Waals surface area contributed by atoms with Crippen LogP contribution in [0.25, 0.3) is 0 Å². The molecular formula is C33H28O11. The fourth-order valence-electron chi connectivity index (χ4n) is 3.04. The molecule has 0 atom stereocenters. The van der Waals surface area contributed by atoms with Gasteiger partial charge in [-0.25, -0.2) is 24.0 Å². The molecule has 0 aliphatic carbocycles. The Morgan fingerprint density at radius 1 is 0.523 bits per heavy atom. The van der Waals surface area contributed by atoms with Crippen molar-refractivity contribution in [1.82, 2.24) is 0 Å². The summed E-state index contributed by atoms with van der Waals surface area (Å²) in [5, 5.41) is 0. The molecule has 3 rings (SSSR count). The monoisotopic (exact) mass is 600 g/mol. The first-order chi connectivity index (χ1) is 20.8. The molecule has 0 bridgehead atoms. The number of hydrogen-bond donors (Lipinski definition) is 0. The lowest BCUT2D eigenvalue weighted by molar-refractivity contribution is -0.145. The Morgan fingerprint density at radius 3 is 1.48 bits per heavy atom. The number of esters is 5. The largest absolute Gasteiger partial charge is 0.457 e. The second-order valence-electron chi connectivity index (χ2n) is 9.25. The van der Waals surface area contributed by atoms with Gasteiger partial charge < -0.3 is 28.4 Å². The summed E-state index contributed by atoms with van der Waals surface area (Å²) in [6.07, 6.45) is 0. The summed E-state index contributed by atoms with van der Waals surface area (Å²) in [4.78, 5) is 60.8. The van der Waals surface area contributed by atoms with Gasteiger partial charge in [-0.05, 0) is 87.5 Å². The normalized spacial score (nSPS) is 10.1. The minimum absolute atomic E-state index is 0.0190. The zero-order valence-electron chi connectivity index (χ0n) is 24.2. The number of hydrogen-bond acceptors (Lipinski definition) is 11. The Kier molecular flexibility index (Phi) is 10.9. The lowest BCUT2D eigenvalue weighted by Crippen LogP contribution is -2.14. The third kappa shape index (κ3) is 9.28. The molecule has 0 N–H and O–H groups in total. The van der Waals surface area contributed by atoms with Crippen molar-refractivity contribution in [3.05, 3.63) is 114 Å². The molecule has 44 heavy (non-hydrogen) atoms. The average Bonchev–Trinajstić information content (AvgIpc) is 2.98. The van der Waals surface area contributed by atoms with Crippen molar-refractivity contribution in [3.63, 3.8) is 0 Å². The predicted octanol–water partition coefficient (Wildman–Crippen LogP) is 5.54. The summed E-state index contributed by atoms with van der Waals surface area (Å²) >= 11 is 0. The zero-order chi connectivity index (χ0) is 32.4. The molecule has 11 heteroatoms. The lowest BCUT2D eigenvalue weighted by Gasteiger charge is -2.12. The van der Waals surface area contributed by atoms with Crippen LogP contribution in [0.15, 0.2) is 103 Å². The van der Waals surface area contributed by atoms with Gasteiger partial charge in [0.05, 0.1) is 11.1 Å². The molecule has 0 unspecified atom stereocenters. The highest BCUT2D eigenvalue weighted by atomic mass is 16.7. The van der Waals surface area contributed by atoms with Gasteiger partial charge in [0.15, 0.2) is 11.5 Å². The molecule has 0 saturated heterocycles. The van der Waals surface area contributed by atoms with Crippen LogP contribution in [-0.2, 0) is 19.1 Å². The van der Waals surface area contributed by atoms with Crippen LogP contribution in [-0.4, -0.2) is 36.6 Å². The first kappa shape index (κ1) is 32.5. The lowest BCUT2D eigenvalue weighted by atomic mass is 10.2. The molecule has 226 valence electrons. The zero-order valence-corrected chi connectivity index (χ0v) is 24.2. The Hall–Kier alpha value is -5.97. The number of ether oxygens (including phenoxy) is 6. The molecule has 0 aromatic heterocycles. The number of carbonyl (C=O) groups is 5. The topological polar surface area (TPSA) is 141 Å². The quantitative estimate of drug-likeness (QED) is 0.112. The van der Waals surface area contributed by atoms with Gasteiger partial charge in [0.2, 0.25) is 6.79 Å². The van der Waals surface area contributed by atoms with Crippen molar-refractivity contribution < 1.29 is 52.4 Å². The van der Waals surface area contributed by atoms with E-state index in [9.17, 15) is 24.0 Å². The van der Waals surface area contributed by atoms with Gasteiger partial charge >= 0.3 is 29.8 Å². The summed E-state index contributed by atoms with van der Waals surface area (Å²) < 4.78 is 31.3. The van der Waals surface area contributed by atoms with E-state index >= 15 is 0 Å². The molecule has 3 aromatic carbocycles. The maximum atomic E-state index is 12.8. The average molecular weight is 601 g/mol. The first-order valence-corrected chi connectivity index (χ1v) is 12.8. The highest BCUT2D eigenvalue weighted by molar-refractivity contribution is 5.95. The fourth-order valence-corrected chi connectivity index (χ4v) is 3.04. The van der Waals surface area contributed by atoms with Crippen LogP contribution in [0.4, 0.5) is 0 Å². The summed E-state index contributed by atoms with van der Waals surface area (Å²) in [5.74, 6) is -3.20. The van der Waals surface area contributed by atoms with E-state index in [-0.39, 0.29) is 57.6 Å². The van der Waals surface area contributed by atoms with Crippen molar-refractivity contribution in [3.8, 4) is 28.7 Å². The molecule has 0 radical (unpaired) electrons. The first-order valence-electron chi connectivity index (χ1n) is 12.8. The van der Waals surface area contributed by atoms with E-state index in [2.05, 4.69) is 19.7 Å². The van der Waals surface area contributed by atoms with Crippen LogP contribution in [0.3, 0.4) is 0 Å². The molecule has 0 aliphatic heterocycles. The van der Waals surface area contributed by atoms with Crippen molar-refractivity contribution in [2.24, 2.45) is 0 Å². The van der Waals surface area contributed by atoms with Gasteiger partial charge in [0.1, 0.15) is 17.2 Å². The maximum absolute atomic E-state index is 12.8. The van der Waals surface area contributed by atoms with Gasteiger partial charge in [-0.1, -0.05) is 19.7 Å². The summed E-state index contributed by atoms with van der Waals surface area (Å²) in [5.41, 5.74) is 0.596. The fraction of sp³-hybridized carbons (Fsp3) is 0.121. The van der Waals surface area contributed by atoms with Gasteiger partial charge in [0, 0.05) is 16.7 Å². The summed E-state index contributed by atoms with van der Waals surface area (Å²) in [6, 6.07) is 15.4. The van der Waals surface area contributed by atoms with E-state index in [0.29, 0.717) is 5.75 Å². The molecule has 0 heterocycles. The molecule has 3 aromatic rings. The molecule has 0 aliphatic rings. The SMILES string of the molecule is C=C(C)C(=O)OCOc1ccc(OC(=O)c2ccc(OC(=O)c3ccc(OC(=O)C(=C)C)c(OC(=O)C(=C)C)c3)cc2)cc1. The molecule has 0 fully saturated rings. The Balaban J connectivity index is 1.63. The van der Waals surface area contributed by atoms with E-state index in [0.717, 1.165) is 0 Å². The number of benzene rings is 3. The van der Waals surface area contributed by atoms with E-state index in [1.807, 2.05) is 0 Å². The maximum Gasteiger partial charge on any atom is 0.343 e. The van der Waals surface area contributed by atoms with Crippen LogP contribution < -0.4 is 23.7 Å². The van der Waals surface area contributed by atoms with Gasteiger partial charge in [-0.2, -0.15) is 0 Å². The van der Waals surface area contributed by atoms with Crippen LogP contribution in [0, 0.1) is 0 Å². The third-order valence-corrected chi connectivity index (χ3v) is 5.38. The van der Waals surface area contributed by atoms with Crippen LogP contribution in [0.5, 0.6) is 28.7 Å². The van der Waals surface area contributed by atoms with Gasteiger partial charge in [-0.3, -0.25) is 0 Å². The Bertz CT molecular complexity index is 1630. The Morgan fingerprint density at radius 2 is 0.955 bits per heavy atom. The molecular weight excluding hydrogens is 572 g/mol. The number of rotatable bonds is 12. The molecule has 0 saturated carbocycles. The Labute approximate surface area is 252 Å². The van der Waals surface area contributed by atoms with E-state index in [1.54, 1.807) is 0 Å². The van der Waals surface area contributed by atoms with E-state index in [4.69, 9.17) is 28.4 Å². The van der Waals surface area contributed by atoms with Crippen molar-refractivity contribution >= 4 is 29.8 Å². The van der Waals surface area contributed by atoms with Crippen LogP contribution in [0.1, 0.15) is 41.5 Å². The summed E-state index contributed by atoms with van der Waals surface area (Å²) in [7, 11) is 0. The predicted molar refractivity (Wildman–Crippen MR) is 157 cm³/mol. The van der Waals surface area contributed by atoms with Crippen LogP contribution >= 0.6 is 0 Å². The second kappa shape index (κ2) is 14.8. The molecule has 0 spiro atoms. The van der Waals surface area contributed by atoms with Gasteiger partial charge in [0.25, 0.3) is 0 Å². The van der Waals surface area contributed by atoms with E-state index in [1.165, 1.54) is 87.5 Å². The van der Waals surface area contributed by atoms with Crippen molar-refractivity contribution in [1.29, 1.82) is 0 Å². The van der Waals surface area contributed by atoms with Crippen molar-refractivity contribution in [2.75, 3.05) is 6.79 Å². The van der Waals surface area contributed by atoms with Crippen molar-refractivity contribution in [2.45, 2.75) is 20.8 Å². The summed E-state index contributed by atoms with van der Waals surface area (Å²) in [6.45, 7) is 14.6. The van der Waals surface area contributed by atoms with E-state index < -0.39 is 29.8 Å². The van der Waals surface area contributed by atoms with Gasteiger partial charge in [-0.15, -0.1) is 0 Å². The molecule has 0 amide bonds. The van der Waals surface area contributed by atoms with Crippen LogP contribution in [0.2, 0.25) is 0 Å². The highest BCUT2D eigenvalue weighted by Crippen LogP contribution is 2.30. The smallest absolute Gasteiger partial charge is 0.343 e.